The second kappa shape index (κ2) is 9.30. The van der Waals surface area contributed by atoms with Crippen molar-refractivity contribution in [3.63, 3.8) is 0 Å². The fraction of sp³-hybridized carbons (Fsp3) is 0.0909. The summed E-state index contributed by atoms with van der Waals surface area (Å²) in [6.07, 6.45) is 0. The van der Waals surface area contributed by atoms with Gasteiger partial charge in [-0.1, -0.05) is 54.1 Å². The van der Waals surface area contributed by atoms with Crippen molar-refractivity contribution in [2.24, 2.45) is 9.50 Å². The van der Waals surface area contributed by atoms with Gasteiger partial charge in [-0.25, -0.2) is 5.01 Å². The van der Waals surface area contributed by atoms with Crippen LogP contribution in [0.25, 0.3) is 0 Å². The van der Waals surface area contributed by atoms with Crippen molar-refractivity contribution >= 4 is 49.9 Å². The van der Waals surface area contributed by atoms with Gasteiger partial charge in [0, 0.05) is 23.1 Å². The lowest BCUT2D eigenvalue weighted by molar-refractivity contribution is -0.384. The Hall–Kier alpha value is -3.27. The van der Waals surface area contributed by atoms with Gasteiger partial charge in [0.15, 0.2) is 0 Å². The second-order valence-corrected chi connectivity index (χ2v) is 9.50. The predicted molar refractivity (Wildman–Crippen MR) is 127 cm³/mol. The van der Waals surface area contributed by atoms with Crippen molar-refractivity contribution in [2.75, 3.05) is 6.54 Å². The van der Waals surface area contributed by atoms with E-state index < -0.39 is 14.9 Å². The van der Waals surface area contributed by atoms with E-state index >= 15 is 0 Å². The van der Waals surface area contributed by atoms with Crippen LogP contribution >= 0.6 is 23.2 Å². The number of hydrazone groups is 1. The first kappa shape index (κ1) is 22.9. The van der Waals surface area contributed by atoms with Crippen LogP contribution in [0, 0.1) is 10.1 Å². The van der Waals surface area contributed by atoms with Crippen molar-refractivity contribution in [1.29, 1.82) is 0 Å². The Morgan fingerprint density at radius 2 is 1.67 bits per heavy atom. The lowest BCUT2D eigenvalue weighted by Gasteiger charge is -2.15. The van der Waals surface area contributed by atoms with E-state index in [-0.39, 0.29) is 28.3 Å². The molecule has 0 aromatic heterocycles. The zero-order valence-corrected chi connectivity index (χ0v) is 19.2. The molecule has 0 aliphatic carbocycles. The molecule has 1 aliphatic rings. The molecule has 0 bridgehead atoms. The Labute approximate surface area is 200 Å². The van der Waals surface area contributed by atoms with Gasteiger partial charge in [0.1, 0.15) is 0 Å². The molecule has 1 unspecified atom stereocenters. The molecule has 1 atom stereocenters. The van der Waals surface area contributed by atoms with Crippen molar-refractivity contribution in [3.8, 4) is 0 Å². The van der Waals surface area contributed by atoms with Crippen LogP contribution in [-0.4, -0.2) is 35.9 Å². The molecule has 0 saturated carbocycles. The summed E-state index contributed by atoms with van der Waals surface area (Å²) in [6, 6.07) is 21.2. The zero-order valence-electron chi connectivity index (χ0n) is 16.9. The third-order valence-electron chi connectivity index (χ3n) is 5.01. The molecule has 4 rings (SSSR count). The number of rotatable bonds is 5. The quantitative estimate of drug-likeness (QED) is 0.160. The molecule has 0 N–H and O–H groups in total. The van der Waals surface area contributed by atoms with Crippen LogP contribution in [0.5, 0.6) is 0 Å². The van der Waals surface area contributed by atoms with E-state index in [4.69, 9.17) is 23.2 Å². The van der Waals surface area contributed by atoms with E-state index in [1.54, 1.807) is 12.1 Å². The highest BCUT2D eigenvalue weighted by Crippen LogP contribution is 2.30. The van der Waals surface area contributed by atoms with E-state index in [0.29, 0.717) is 10.7 Å². The molecule has 0 saturated heterocycles. The minimum atomic E-state index is -4.20. The number of non-ortho nitro benzene ring substituents is 1. The number of halogens is 2. The highest BCUT2D eigenvalue weighted by atomic mass is 35.5. The minimum Gasteiger partial charge on any atom is -0.258 e. The first-order valence-electron chi connectivity index (χ1n) is 9.66. The molecule has 0 radical (unpaired) electrons. The number of nitro benzene ring substituents is 1. The summed E-state index contributed by atoms with van der Waals surface area (Å²) in [7, 11) is -4.20. The normalized spacial score (nSPS) is 16.5. The van der Waals surface area contributed by atoms with E-state index in [1.165, 1.54) is 5.01 Å². The van der Waals surface area contributed by atoms with Gasteiger partial charge in [-0.3, -0.25) is 10.1 Å². The molecule has 3 aromatic rings. The molecule has 168 valence electrons. The first-order valence-corrected chi connectivity index (χ1v) is 11.9. The summed E-state index contributed by atoms with van der Waals surface area (Å²) in [4.78, 5) is 9.97. The molecular formula is C22H16Cl2N4O4S. The molecule has 0 amide bonds. The highest BCUT2D eigenvalue weighted by molar-refractivity contribution is 7.90. The number of nitro groups is 1. The third-order valence-corrected chi connectivity index (χ3v) is 6.92. The Kier molecular flexibility index (Phi) is 6.46. The molecule has 0 spiro atoms. The maximum absolute atomic E-state index is 12.7. The van der Waals surface area contributed by atoms with Crippen molar-refractivity contribution in [1.82, 2.24) is 5.01 Å². The van der Waals surface area contributed by atoms with Gasteiger partial charge >= 0.3 is 0 Å². The molecule has 11 heteroatoms. The summed E-state index contributed by atoms with van der Waals surface area (Å²) in [6.45, 7) is 0.278. The SMILES string of the molecule is O=[N+]([O-])c1ccc(S(=O)(=O)/N=C(\Cl)N2CC(c3ccccc3)C(c3ccc(Cl)cc3)=N2)cc1. The average Bonchev–Trinajstić information content (AvgIpc) is 3.26. The molecule has 3 aromatic carbocycles. The molecular weight excluding hydrogens is 487 g/mol. The van der Waals surface area contributed by atoms with Crippen LogP contribution in [-0.2, 0) is 10.0 Å². The molecule has 33 heavy (non-hydrogen) atoms. The van der Waals surface area contributed by atoms with E-state index in [0.717, 1.165) is 35.4 Å². The van der Waals surface area contributed by atoms with Crippen molar-refractivity contribution in [3.05, 3.63) is 105 Å². The lowest BCUT2D eigenvalue weighted by Crippen LogP contribution is -2.23. The third kappa shape index (κ3) is 5.05. The van der Waals surface area contributed by atoms with Gasteiger partial charge < -0.3 is 0 Å². The van der Waals surface area contributed by atoms with Crippen LogP contribution in [0.15, 0.2) is 93.3 Å². The summed E-state index contributed by atoms with van der Waals surface area (Å²) >= 11 is 12.3. The van der Waals surface area contributed by atoms with Crippen LogP contribution in [0.3, 0.4) is 0 Å². The summed E-state index contributed by atoms with van der Waals surface area (Å²) in [5, 5.41) is 16.9. The molecule has 1 heterocycles. The minimum absolute atomic E-state index is 0.182. The number of hydrogen-bond acceptors (Lipinski definition) is 5. The standard InChI is InChI=1S/C22H16Cl2N4O4S/c23-17-8-6-16(7-9-17)21-20(15-4-2-1-3-5-15)14-27(25-21)22(24)26-33(31,32)19-12-10-18(11-13-19)28(29)30/h1-13,20H,14H2/b26-22+. The second-order valence-electron chi connectivity index (χ2n) is 7.12. The zero-order chi connectivity index (χ0) is 23.6. The van der Waals surface area contributed by atoms with Gasteiger partial charge in [-0.2, -0.15) is 13.5 Å². The Morgan fingerprint density at radius 3 is 2.27 bits per heavy atom. The largest absolute Gasteiger partial charge is 0.285 e. The first-order chi connectivity index (χ1) is 15.7. The van der Waals surface area contributed by atoms with E-state index in [2.05, 4.69) is 9.50 Å². The van der Waals surface area contributed by atoms with Crippen LogP contribution < -0.4 is 0 Å². The highest BCUT2D eigenvalue weighted by Gasteiger charge is 2.32. The fourth-order valence-electron chi connectivity index (χ4n) is 3.38. The Bertz CT molecular complexity index is 1340. The van der Waals surface area contributed by atoms with Crippen LogP contribution in [0.4, 0.5) is 5.69 Å². The molecule has 0 fully saturated rings. The summed E-state index contributed by atoms with van der Waals surface area (Å²) < 4.78 is 29.1. The summed E-state index contributed by atoms with van der Waals surface area (Å²) in [5.41, 5.74) is 2.26. The van der Waals surface area contributed by atoms with Gasteiger partial charge in [0.25, 0.3) is 15.7 Å². The monoisotopic (exact) mass is 502 g/mol. The Balaban J connectivity index is 1.67. The topological polar surface area (TPSA) is 105 Å². The average molecular weight is 503 g/mol. The number of hydrogen-bond donors (Lipinski definition) is 0. The summed E-state index contributed by atoms with van der Waals surface area (Å²) in [5.74, 6) is -0.182. The number of amidine groups is 1. The number of benzene rings is 3. The number of nitrogens with zero attached hydrogens (tertiary/aromatic N) is 4. The molecule has 1 aliphatic heterocycles. The van der Waals surface area contributed by atoms with E-state index in [1.807, 2.05) is 42.5 Å². The maximum atomic E-state index is 12.7. The Morgan fingerprint density at radius 1 is 1.03 bits per heavy atom. The van der Waals surface area contributed by atoms with Crippen molar-refractivity contribution in [2.45, 2.75) is 10.8 Å². The lowest BCUT2D eigenvalue weighted by atomic mass is 9.91. The van der Waals surface area contributed by atoms with E-state index in [9.17, 15) is 18.5 Å². The van der Waals surface area contributed by atoms with Crippen LogP contribution in [0.1, 0.15) is 17.0 Å². The van der Waals surface area contributed by atoms with Crippen molar-refractivity contribution < 1.29 is 13.3 Å². The van der Waals surface area contributed by atoms with Gasteiger partial charge in [-0.15, -0.1) is 4.40 Å². The van der Waals surface area contributed by atoms with Gasteiger partial charge in [0.2, 0.25) is 5.29 Å². The number of sulfonamides is 1. The predicted octanol–water partition coefficient (Wildman–Crippen LogP) is 5.04. The van der Waals surface area contributed by atoms with Gasteiger partial charge in [-0.05, 0) is 47.0 Å². The maximum Gasteiger partial charge on any atom is 0.285 e. The molecule has 8 nitrogen and oxygen atoms in total. The van der Waals surface area contributed by atoms with Crippen LogP contribution in [0.2, 0.25) is 5.02 Å². The smallest absolute Gasteiger partial charge is 0.258 e. The van der Waals surface area contributed by atoms with Gasteiger partial charge in [0.05, 0.1) is 22.1 Å². The fourth-order valence-corrected chi connectivity index (χ4v) is 4.77.